The van der Waals surface area contributed by atoms with Gasteiger partial charge >= 0.3 is 0 Å². The number of carbonyl (C=O) groups excluding carboxylic acids is 1. The molecule has 2 aromatic rings. The third kappa shape index (κ3) is 5.14. The maximum absolute atomic E-state index is 13.0. The molecule has 0 aliphatic carbocycles. The number of nitrogens with zero attached hydrogens (tertiary/aromatic N) is 3. The highest BCUT2D eigenvalue weighted by molar-refractivity contribution is 8.00. The van der Waals surface area contributed by atoms with Crippen LogP contribution in [0.3, 0.4) is 0 Å². The molecule has 0 N–H and O–H groups in total. The number of amides is 1. The molecule has 28 heavy (non-hydrogen) atoms. The molecule has 0 bridgehead atoms. The van der Waals surface area contributed by atoms with Gasteiger partial charge in [-0.3, -0.25) is 4.79 Å². The predicted molar refractivity (Wildman–Crippen MR) is 108 cm³/mol. The highest BCUT2D eigenvalue weighted by Crippen LogP contribution is 2.36. The van der Waals surface area contributed by atoms with Gasteiger partial charge in [-0.2, -0.15) is 0 Å². The Morgan fingerprint density at radius 2 is 1.96 bits per heavy atom. The number of thioether (sulfide) groups is 1. The molecule has 1 fully saturated rings. The fourth-order valence-corrected chi connectivity index (χ4v) is 6.18. The SMILES string of the molecule is CCN(CC)C(=O)C(Sc1nnc(CC2CCS(=O)(=O)C2)o1)c1ccccc1. The van der Waals surface area contributed by atoms with E-state index in [1.807, 2.05) is 44.2 Å². The van der Waals surface area contributed by atoms with Crippen LogP contribution in [0.15, 0.2) is 40.0 Å². The van der Waals surface area contributed by atoms with E-state index >= 15 is 0 Å². The van der Waals surface area contributed by atoms with E-state index < -0.39 is 15.1 Å². The molecule has 2 atom stereocenters. The van der Waals surface area contributed by atoms with Gasteiger partial charge < -0.3 is 9.32 Å². The number of benzene rings is 1. The molecule has 1 amide bonds. The molecule has 9 heteroatoms. The third-order valence-corrected chi connectivity index (χ3v) is 7.77. The molecule has 1 aliphatic heterocycles. The number of likely N-dealkylation sites (N-methyl/N-ethyl adjacent to an activating group) is 1. The first kappa shape index (κ1) is 20.9. The van der Waals surface area contributed by atoms with Gasteiger partial charge in [0.15, 0.2) is 9.84 Å². The lowest BCUT2D eigenvalue weighted by Crippen LogP contribution is -2.33. The Balaban J connectivity index is 1.74. The number of aromatic nitrogens is 2. The molecule has 7 nitrogen and oxygen atoms in total. The van der Waals surface area contributed by atoms with E-state index in [1.54, 1.807) is 4.90 Å². The lowest BCUT2D eigenvalue weighted by molar-refractivity contribution is -0.130. The molecule has 2 heterocycles. The summed E-state index contributed by atoms with van der Waals surface area (Å²) in [5.41, 5.74) is 0.881. The number of sulfone groups is 1. The van der Waals surface area contributed by atoms with E-state index in [9.17, 15) is 13.2 Å². The zero-order valence-electron chi connectivity index (χ0n) is 16.1. The largest absolute Gasteiger partial charge is 0.416 e. The Bertz CT molecular complexity index is 895. The Kier molecular flexibility index (Phi) is 6.77. The summed E-state index contributed by atoms with van der Waals surface area (Å²) < 4.78 is 29.0. The molecule has 1 aromatic carbocycles. The number of hydrogen-bond acceptors (Lipinski definition) is 7. The topological polar surface area (TPSA) is 93.4 Å². The van der Waals surface area contributed by atoms with E-state index in [2.05, 4.69) is 10.2 Å². The van der Waals surface area contributed by atoms with Crippen LogP contribution in [0.1, 0.15) is 37.0 Å². The Morgan fingerprint density at radius 1 is 1.25 bits per heavy atom. The van der Waals surface area contributed by atoms with Crippen LogP contribution in [0.2, 0.25) is 0 Å². The van der Waals surface area contributed by atoms with Gasteiger partial charge in [0.25, 0.3) is 5.22 Å². The van der Waals surface area contributed by atoms with Gasteiger partial charge in [-0.25, -0.2) is 8.42 Å². The zero-order valence-corrected chi connectivity index (χ0v) is 17.7. The molecule has 0 spiro atoms. The van der Waals surface area contributed by atoms with Crippen molar-refractivity contribution in [3.8, 4) is 0 Å². The van der Waals surface area contributed by atoms with Crippen LogP contribution in [0, 0.1) is 5.92 Å². The van der Waals surface area contributed by atoms with Crippen molar-refractivity contribution in [2.75, 3.05) is 24.6 Å². The summed E-state index contributed by atoms with van der Waals surface area (Å²) in [6, 6.07) is 9.55. The van der Waals surface area contributed by atoms with Crippen molar-refractivity contribution in [3.63, 3.8) is 0 Å². The Labute approximate surface area is 169 Å². The minimum atomic E-state index is -2.94. The fraction of sp³-hybridized carbons (Fsp3) is 0.526. The van der Waals surface area contributed by atoms with E-state index in [1.165, 1.54) is 11.8 Å². The number of rotatable bonds is 8. The van der Waals surface area contributed by atoms with Crippen molar-refractivity contribution in [1.82, 2.24) is 15.1 Å². The summed E-state index contributed by atoms with van der Waals surface area (Å²) in [6.07, 6.45) is 1.08. The predicted octanol–water partition coefficient (Wildman–Crippen LogP) is 2.75. The molecular formula is C19H25N3O4S2. The van der Waals surface area contributed by atoms with Crippen molar-refractivity contribution in [2.45, 2.75) is 37.2 Å². The van der Waals surface area contributed by atoms with Gasteiger partial charge in [0.2, 0.25) is 11.8 Å². The monoisotopic (exact) mass is 423 g/mol. The summed E-state index contributed by atoms with van der Waals surface area (Å²) in [6.45, 7) is 5.16. The second-order valence-electron chi connectivity index (χ2n) is 6.85. The maximum Gasteiger partial charge on any atom is 0.277 e. The van der Waals surface area contributed by atoms with E-state index in [0.29, 0.717) is 37.0 Å². The smallest absolute Gasteiger partial charge is 0.277 e. The Hall–Kier alpha value is -1.87. The number of carbonyl (C=O) groups is 1. The third-order valence-electron chi connectivity index (χ3n) is 4.86. The molecule has 2 unspecified atom stereocenters. The first-order valence-corrected chi connectivity index (χ1v) is 12.1. The van der Waals surface area contributed by atoms with Crippen molar-refractivity contribution < 1.29 is 17.6 Å². The van der Waals surface area contributed by atoms with Crippen LogP contribution in [0.5, 0.6) is 0 Å². The van der Waals surface area contributed by atoms with Gasteiger partial charge in [-0.1, -0.05) is 30.3 Å². The highest BCUT2D eigenvalue weighted by atomic mass is 32.2. The molecule has 1 aromatic heterocycles. The lowest BCUT2D eigenvalue weighted by Gasteiger charge is -2.24. The van der Waals surface area contributed by atoms with E-state index in [0.717, 1.165) is 5.56 Å². The fourth-order valence-electron chi connectivity index (χ4n) is 3.34. The summed E-state index contributed by atoms with van der Waals surface area (Å²) in [4.78, 5) is 14.8. The average Bonchev–Trinajstić information content (AvgIpc) is 3.27. The second-order valence-corrected chi connectivity index (χ2v) is 10.1. The molecular weight excluding hydrogens is 398 g/mol. The molecule has 1 aliphatic rings. The van der Waals surface area contributed by atoms with Crippen LogP contribution in [0.4, 0.5) is 0 Å². The van der Waals surface area contributed by atoms with Crippen LogP contribution >= 0.6 is 11.8 Å². The minimum absolute atomic E-state index is 0.00263. The molecule has 152 valence electrons. The van der Waals surface area contributed by atoms with Crippen LogP contribution in [-0.2, 0) is 21.1 Å². The lowest BCUT2D eigenvalue weighted by atomic mass is 10.1. The van der Waals surface area contributed by atoms with Gasteiger partial charge in [-0.15, -0.1) is 10.2 Å². The number of hydrogen-bond donors (Lipinski definition) is 0. The molecule has 3 rings (SSSR count). The van der Waals surface area contributed by atoms with Crippen molar-refractivity contribution in [1.29, 1.82) is 0 Å². The van der Waals surface area contributed by atoms with Crippen LogP contribution < -0.4 is 0 Å². The first-order chi connectivity index (χ1) is 13.4. The minimum Gasteiger partial charge on any atom is -0.416 e. The van der Waals surface area contributed by atoms with Crippen molar-refractivity contribution in [3.05, 3.63) is 41.8 Å². The van der Waals surface area contributed by atoms with Crippen molar-refractivity contribution >= 4 is 27.5 Å². The second kappa shape index (κ2) is 9.09. The zero-order chi connectivity index (χ0) is 20.1. The van der Waals surface area contributed by atoms with Gasteiger partial charge in [0.1, 0.15) is 5.25 Å². The van der Waals surface area contributed by atoms with Crippen molar-refractivity contribution in [2.24, 2.45) is 5.92 Å². The summed E-state index contributed by atoms with van der Waals surface area (Å²) in [5, 5.41) is 7.99. The van der Waals surface area contributed by atoms with Crippen LogP contribution in [0.25, 0.3) is 0 Å². The average molecular weight is 424 g/mol. The first-order valence-electron chi connectivity index (χ1n) is 9.45. The normalized spacial score (nSPS) is 19.4. The standard InChI is InChI=1S/C19H25N3O4S2/c1-3-22(4-2)18(23)17(15-8-6-5-7-9-15)27-19-21-20-16(26-19)12-14-10-11-28(24,25)13-14/h5-9,14,17H,3-4,10-13H2,1-2H3. The summed E-state index contributed by atoms with van der Waals surface area (Å²) >= 11 is 1.24. The van der Waals surface area contributed by atoms with Gasteiger partial charge in [0.05, 0.1) is 11.5 Å². The molecule has 1 saturated heterocycles. The van der Waals surface area contributed by atoms with Gasteiger partial charge in [0, 0.05) is 19.5 Å². The summed E-state index contributed by atoms with van der Waals surface area (Å²) in [7, 11) is -2.94. The van der Waals surface area contributed by atoms with Gasteiger partial charge in [-0.05, 0) is 43.5 Å². The maximum atomic E-state index is 13.0. The van der Waals surface area contributed by atoms with E-state index in [-0.39, 0.29) is 23.3 Å². The molecule has 0 radical (unpaired) electrons. The van der Waals surface area contributed by atoms with E-state index in [4.69, 9.17) is 4.42 Å². The Morgan fingerprint density at radius 3 is 2.57 bits per heavy atom. The van der Waals surface area contributed by atoms with Crippen LogP contribution in [-0.4, -0.2) is 54.0 Å². The highest BCUT2D eigenvalue weighted by Gasteiger charge is 2.31. The quantitative estimate of drug-likeness (QED) is 0.603. The molecule has 0 saturated carbocycles. The summed E-state index contributed by atoms with van der Waals surface area (Å²) in [5.74, 6) is 0.840.